The number of ether oxygens (including phenoxy) is 2. The topological polar surface area (TPSA) is 86.5 Å². The molecule has 7 nitrogen and oxygen atoms in total. The molecule has 10 heteroatoms. The Kier molecular flexibility index (Phi) is 6.34. The molecule has 3 aliphatic carbocycles. The zero-order valence-corrected chi connectivity index (χ0v) is 17.0. The van der Waals surface area contributed by atoms with E-state index in [1.165, 1.54) is 0 Å². The van der Waals surface area contributed by atoms with Crippen LogP contribution in [-0.4, -0.2) is 47.3 Å². The van der Waals surface area contributed by atoms with Crippen molar-refractivity contribution in [3.05, 3.63) is 11.8 Å². The van der Waals surface area contributed by atoms with Gasteiger partial charge < -0.3 is 14.5 Å². The van der Waals surface area contributed by atoms with Crippen molar-refractivity contribution in [3.8, 4) is 0 Å². The largest absolute Gasteiger partial charge is 0.522 e. The maximum Gasteiger partial charge on any atom is 0.522 e. The van der Waals surface area contributed by atoms with Crippen molar-refractivity contribution in [2.45, 2.75) is 94.7 Å². The van der Waals surface area contributed by atoms with Crippen LogP contribution in [0, 0.1) is 5.92 Å². The van der Waals surface area contributed by atoms with Crippen molar-refractivity contribution in [1.29, 1.82) is 0 Å². The first-order valence-corrected chi connectivity index (χ1v) is 10.7. The minimum absolute atomic E-state index is 0.0707. The number of nitrogens with zero attached hydrogens (tertiary/aromatic N) is 2. The van der Waals surface area contributed by atoms with Crippen LogP contribution in [0.3, 0.4) is 0 Å². The average Bonchev–Trinajstić information content (AvgIpc) is 3.10. The van der Waals surface area contributed by atoms with E-state index in [-0.39, 0.29) is 49.3 Å². The van der Waals surface area contributed by atoms with Crippen LogP contribution in [0.2, 0.25) is 0 Å². The standard InChI is InChI=1S/C20H28F3N3O4/c1-11-6-15(7-11)28-10-17(27)24-14-4-2-12(3-5-14)18-25-26-19(29-18)13-8-16(9-13)30-20(21,22)23/h11-16H,2-10H2,1H3,(H,24,27)/t11?,12-,13?,14-,15?,16?. The van der Waals surface area contributed by atoms with Crippen LogP contribution in [-0.2, 0) is 14.3 Å². The lowest BCUT2D eigenvalue weighted by Crippen LogP contribution is -2.41. The Morgan fingerprint density at radius 3 is 2.27 bits per heavy atom. The lowest BCUT2D eigenvalue weighted by molar-refractivity contribution is -0.352. The Morgan fingerprint density at radius 1 is 1.03 bits per heavy atom. The van der Waals surface area contributed by atoms with E-state index in [4.69, 9.17) is 9.15 Å². The molecule has 30 heavy (non-hydrogen) atoms. The molecule has 0 saturated heterocycles. The highest BCUT2D eigenvalue weighted by Crippen LogP contribution is 2.42. The van der Waals surface area contributed by atoms with Crippen LogP contribution < -0.4 is 5.32 Å². The second kappa shape index (κ2) is 8.82. The molecule has 1 aromatic heterocycles. The predicted molar refractivity (Wildman–Crippen MR) is 98.5 cm³/mol. The van der Waals surface area contributed by atoms with Crippen LogP contribution in [0.25, 0.3) is 0 Å². The number of amides is 1. The van der Waals surface area contributed by atoms with E-state index in [1.807, 2.05) is 0 Å². The third-order valence-electron chi connectivity index (χ3n) is 6.42. The summed E-state index contributed by atoms with van der Waals surface area (Å²) in [6.07, 6.45) is 0.591. The zero-order chi connectivity index (χ0) is 21.3. The van der Waals surface area contributed by atoms with E-state index >= 15 is 0 Å². The Morgan fingerprint density at radius 2 is 1.67 bits per heavy atom. The molecule has 4 rings (SSSR count). The lowest BCUT2D eigenvalue weighted by atomic mass is 9.82. The highest BCUT2D eigenvalue weighted by molar-refractivity contribution is 5.77. The minimum Gasteiger partial charge on any atom is -0.425 e. The molecular weight excluding hydrogens is 403 g/mol. The third kappa shape index (κ3) is 5.51. The molecule has 1 heterocycles. The third-order valence-corrected chi connectivity index (χ3v) is 6.42. The smallest absolute Gasteiger partial charge is 0.425 e. The molecule has 1 N–H and O–H groups in total. The van der Waals surface area contributed by atoms with Gasteiger partial charge in [-0.1, -0.05) is 6.92 Å². The Bertz CT molecular complexity index is 721. The summed E-state index contributed by atoms with van der Waals surface area (Å²) in [4.78, 5) is 12.1. The van der Waals surface area contributed by atoms with Gasteiger partial charge in [-0.3, -0.25) is 9.53 Å². The number of carbonyl (C=O) groups is 1. The first-order valence-electron chi connectivity index (χ1n) is 10.7. The maximum absolute atomic E-state index is 12.2. The maximum atomic E-state index is 12.2. The normalized spacial score (nSPS) is 34.1. The van der Waals surface area contributed by atoms with Gasteiger partial charge in [0.1, 0.15) is 6.61 Å². The SMILES string of the molecule is CC1CC(OCC(=O)N[C@H]2CC[C@H](c3nnc(C4CC(OC(F)(F)F)C4)o3)CC2)C1. The van der Waals surface area contributed by atoms with E-state index in [2.05, 4.69) is 27.2 Å². The molecule has 0 atom stereocenters. The predicted octanol–water partition coefficient (Wildman–Crippen LogP) is 3.81. The summed E-state index contributed by atoms with van der Waals surface area (Å²) in [6, 6.07) is 0.118. The molecule has 0 aliphatic heterocycles. The van der Waals surface area contributed by atoms with Crippen molar-refractivity contribution in [3.63, 3.8) is 0 Å². The second-order valence-electron chi connectivity index (χ2n) is 8.96. The number of rotatable bonds is 7. The van der Waals surface area contributed by atoms with Crippen LogP contribution in [0.1, 0.15) is 81.9 Å². The number of hydrogen-bond donors (Lipinski definition) is 1. The number of alkyl halides is 3. The van der Waals surface area contributed by atoms with Gasteiger partial charge in [0.15, 0.2) is 0 Å². The van der Waals surface area contributed by atoms with Gasteiger partial charge in [0.05, 0.1) is 12.2 Å². The fourth-order valence-corrected chi connectivity index (χ4v) is 4.54. The molecular formula is C20H28F3N3O4. The minimum atomic E-state index is -4.61. The summed E-state index contributed by atoms with van der Waals surface area (Å²) in [6.45, 7) is 2.29. The number of hydrogen-bond acceptors (Lipinski definition) is 6. The van der Waals surface area contributed by atoms with E-state index in [0.29, 0.717) is 17.7 Å². The van der Waals surface area contributed by atoms with Gasteiger partial charge in [0, 0.05) is 17.9 Å². The van der Waals surface area contributed by atoms with Crippen molar-refractivity contribution in [1.82, 2.24) is 15.5 Å². The fourth-order valence-electron chi connectivity index (χ4n) is 4.54. The van der Waals surface area contributed by atoms with E-state index in [0.717, 1.165) is 38.5 Å². The summed E-state index contributed by atoms with van der Waals surface area (Å²) in [7, 11) is 0. The van der Waals surface area contributed by atoms with E-state index < -0.39 is 12.5 Å². The van der Waals surface area contributed by atoms with Gasteiger partial charge in [0.25, 0.3) is 0 Å². The summed E-state index contributed by atoms with van der Waals surface area (Å²) >= 11 is 0. The molecule has 0 radical (unpaired) electrons. The van der Waals surface area contributed by atoms with Crippen molar-refractivity contribution in [2.75, 3.05) is 6.61 Å². The van der Waals surface area contributed by atoms with Gasteiger partial charge in [-0.2, -0.15) is 0 Å². The number of halogens is 3. The quantitative estimate of drug-likeness (QED) is 0.707. The second-order valence-corrected chi connectivity index (χ2v) is 8.96. The van der Waals surface area contributed by atoms with Crippen molar-refractivity contribution in [2.24, 2.45) is 5.92 Å². The molecule has 3 saturated carbocycles. The Balaban J connectivity index is 1.16. The average molecular weight is 431 g/mol. The van der Waals surface area contributed by atoms with Gasteiger partial charge in [0.2, 0.25) is 17.7 Å². The molecule has 3 fully saturated rings. The lowest BCUT2D eigenvalue weighted by Gasteiger charge is -2.33. The highest BCUT2D eigenvalue weighted by Gasteiger charge is 2.42. The van der Waals surface area contributed by atoms with Crippen LogP contribution in [0.5, 0.6) is 0 Å². The first kappa shape index (κ1) is 21.5. The number of carbonyl (C=O) groups excluding carboxylic acids is 1. The highest BCUT2D eigenvalue weighted by atomic mass is 19.4. The van der Waals surface area contributed by atoms with Gasteiger partial charge in [-0.15, -0.1) is 23.4 Å². The van der Waals surface area contributed by atoms with Gasteiger partial charge >= 0.3 is 6.36 Å². The molecule has 3 aliphatic rings. The molecule has 168 valence electrons. The summed E-state index contributed by atoms with van der Waals surface area (Å²) in [5.41, 5.74) is 0. The van der Waals surface area contributed by atoms with Gasteiger partial charge in [-0.25, -0.2) is 0 Å². The molecule has 1 amide bonds. The summed E-state index contributed by atoms with van der Waals surface area (Å²) in [5, 5.41) is 11.2. The summed E-state index contributed by atoms with van der Waals surface area (Å²) < 4.78 is 52.0. The van der Waals surface area contributed by atoms with Crippen molar-refractivity contribution >= 4 is 5.91 Å². The number of nitrogens with one attached hydrogen (secondary N) is 1. The van der Waals surface area contributed by atoms with Gasteiger partial charge in [-0.05, 0) is 57.3 Å². The Hall–Kier alpha value is -1.68. The van der Waals surface area contributed by atoms with Crippen molar-refractivity contribution < 1.29 is 31.9 Å². The fraction of sp³-hybridized carbons (Fsp3) is 0.850. The van der Waals surface area contributed by atoms with Crippen LogP contribution in [0.4, 0.5) is 13.2 Å². The van der Waals surface area contributed by atoms with E-state index in [1.54, 1.807) is 0 Å². The molecule has 0 bridgehead atoms. The Labute approximate surface area is 173 Å². The number of aromatic nitrogens is 2. The zero-order valence-electron chi connectivity index (χ0n) is 17.0. The first-order chi connectivity index (χ1) is 14.2. The monoisotopic (exact) mass is 431 g/mol. The molecule has 1 aromatic rings. The van der Waals surface area contributed by atoms with Crippen LogP contribution in [0.15, 0.2) is 4.42 Å². The van der Waals surface area contributed by atoms with E-state index in [9.17, 15) is 18.0 Å². The summed E-state index contributed by atoms with van der Waals surface area (Å²) in [5.74, 6) is 1.50. The molecule has 0 spiro atoms. The molecule has 0 aromatic carbocycles. The van der Waals surface area contributed by atoms with Crippen LogP contribution >= 0.6 is 0 Å². The molecule has 0 unspecified atom stereocenters.